The van der Waals surface area contributed by atoms with Crippen LogP contribution in [0.3, 0.4) is 0 Å². The van der Waals surface area contributed by atoms with Gasteiger partial charge in [-0.1, -0.05) is 6.42 Å². The van der Waals surface area contributed by atoms with Gasteiger partial charge in [0, 0.05) is 20.1 Å². The molecular weight excluding hydrogens is 474 g/mol. The minimum atomic E-state index is -1.62. The van der Waals surface area contributed by atoms with Crippen LogP contribution in [0.4, 0.5) is 18.9 Å². The Morgan fingerprint density at radius 1 is 1.11 bits per heavy atom. The number of carbonyl (C=O) groups excluding carboxylic acids is 1. The highest BCUT2D eigenvalue weighted by molar-refractivity contribution is 14.0. The van der Waals surface area contributed by atoms with Crippen LogP contribution in [0.25, 0.3) is 0 Å². The molecule has 1 saturated heterocycles. The third-order valence-corrected chi connectivity index (χ3v) is 4.12. The molecule has 3 N–H and O–H groups in total. The van der Waals surface area contributed by atoms with Crippen molar-refractivity contribution in [1.29, 1.82) is 0 Å². The molecule has 6 nitrogen and oxygen atoms in total. The summed E-state index contributed by atoms with van der Waals surface area (Å²) in [6.45, 7) is 3.56. The van der Waals surface area contributed by atoms with Crippen molar-refractivity contribution < 1.29 is 18.0 Å². The molecule has 1 heterocycles. The van der Waals surface area contributed by atoms with Crippen molar-refractivity contribution in [3.05, 3.63) is 29.6 Å². The van der Waals surface area contributed by atoms with E-state index in [0.717, 1.165) is 31.8 Å². The number of hydrogen-bond donors (Lipinski definition) is 3. The molecule has 0 spiro atoms. The van der Waals surface area contributed by atoms with Crippen molar-refractivity contribution >= 4 is 41.5 Å². The standard InChI is InChI=1S/C17H24F3N5O.HI/c1-21-17(22-7-10-25-8-3-2-4-9-25)23-11-14(26)24-13-6-5-12(18)15(19)16(13)20;/h5-6H,2-4,7-11H2,1H3,(H,24,26)(H2,21,22,23);1H. The molecule has 10 heteroatoms. The van der Waals surface area contributed by atoms with Gasteiger partial charge in [0.25, 0.3) is 0 Å². The predicted molar refractivity (Wildman–Crippen MR) is 110 cm³/mol. The summed E-state index contributed by atoms with van der Waals surface area (Å²) < 4.78 is 39.6. The van der Waals surface area contributed by atoms with Crippen molar-refractivity contribution in [2.24, 2.45) is 4.99 Å². The zero-order chi connectivity index (χ0) is 18.9. The van der Waals surface area contributed by atoms with Crippen molar-refractivity contribution in [3.8, 4) is 0 Å². The molecule has 1 aliphatic heterocycles. The molecule has 2 rings (SSSR count). The number of piperidine rings is 1. The van der Waals surface area contributed by atoms with Crippen molar-refractivity contribution in [1.82, 2.24) is 15.5 Å². The van der Waals surface area contributed by atoms with Crippen molar-refractivity contribution in [2.45, 2.75) is 19.3 Å². The van der Waals surface area contributed by atoms with Crippen LogP contribution in [0, 0.1) is 17.5 Å². The maximum Gasteiger partial charge on any atom is 0.243 e. The van der Waals surface area contributed by atoms with Gasteiger partial charge in [-0.3, -0.25) is 9.79 Å². The van der Waals surface area contributed by atoms with E-state index >= 15 is 0 Å². The molecule has 0 aromatic heterocycles. The highest BCUT2D eigenvalue weighted by atomic mass is 127. The SMILES string of the molecule is CN=C(NCCN1CCCCC1)NCC(=O)Nc1ccc(F)c(F)c1F.I. The van der Waals surface area contributed by atoms with E-state index < -0.39 is 29.0 Å². The van der Waals surface area contributed by atoms with Crippen LogP contribution in [-0.2, 0) is 4.79 Å². The molecule has 1 aromatic carbocycles. The Balaban J connectivity index is 0.00000364. The smallest absolute Gasteiger partial charge is 0.243 e. The zero-order valence-corrected chi connectivity index (χ0v) is 17.5. The minimum Gasteiger partial charge on any atom is -0.355 e. The largest absolute Gasteiger partial charge is 0.355 e. The second kappa shape index (κ2) is 12.0. The number of hydrogen-bond acceptors (Lipinski definition) is 3. The summed E-state index contributed by atoms with van der Waals surface area (Å²) in [6, 6.07) is 1.72. The highest BCUT2D eigenvalue weighted by Gasteiger charge is 2.15. The monoisotopic (exact) mass is 499 g/mol. The number of nitrogens with zero attached hydrogens (tertiary/aromatic N) is 2. The molecule has 0 saturated carbocycles. The predicted octanol–water partition coefficient (Wildman–Crippen LogP) is 2.31. The number of aliphatic imine (C=N–C) groups is 1. The number of nitrogens with one attached hydrogen (secondary N) is 3. The Labute approximate surface area is 174 Å². The molecular formula is C17H25F3IN5O. The first-order valence-electron chi connectivity index (χ1n) is 8.61. The molecule has 0 radical (unpaired) electrons. The second-order valence-corrected chi connectivity index (χ2v) is 6.03. The van der Waals surface area contributed by atoms with Crippen molar-refractivity contribution in [2.75, 3.05) is 45.1 Å². The van der Waals surface area contributed by atoms with E-state index in [0.29, 0.717) is 12.5 Å². The lowest BCUT2D eigenvalue weighted by atomic mass is 10.1. The number of benzene rings is 1. The number of anilines is 1. The molecule has 0 bridgehead atoms. The maximum absolute atomic E-state index is 13.5. The van der Waals surface area contributed by atoms with Gasteiger partial charge in [-0.25, -0.2) is 13.2 Å². The van der Waals surface area contributed by atoms with Gasteiger partial charge in [0.15, 0.2) is 23.4 Å². The molecule has 1 amide bonds. The molecule has 1 aliphatic rings. The Bertz CT molecular complexity index is 654. The topological polar surface area (TPSA) is 68.8 Å². The summed E-state index contributed by atoms with van der Waals surface area (Å²) in [5.74, 6) is -4.53. The van der Waals surface area contributed by atoms with E-state index in [9.17, 15) is 18.0 Å². The van der Waals surface area contributed by atoms with E-state index in [1.54, 1.807) is 7.05 Å². The number of amides is 1. The van der Waals surface area contributed by atoms with Crippen LogP contribution >= 0.6 is 24.0 Å². The van der Waals surface area contributed by atoms with E-state index in [1.165, 1.54) is 19.3 Å². The van der Waals surface area contributed by atoms with Crippen LogP contribution in [0.1, 0.15) is 19.3 Å². The third-order valence-electron chi connectivity index (χ3n) is 4.12. The summed E-state index contributed by atoms with van der Waals surface area (Å²) in [7, 11) is 1.57. The lowest BCUT2D eigenvalue weighted by molar-refractivity contribution is -0.115. The molecule has 0 aliphatic carbocycles. The number of halogens is 4. The van der Waals surface area contributed by atoms with Crippen LogP contribution in [0.5, 0.6) is 0 Å². The van der Waals surface area contributed by atoms with Gasteiger partial charge in [-0.2, -0.15) is 0 Å². The van der Waals surface area contributed by atoms with E-state index in [2.05, 4.69) is 25.8 Å². The number of likely N-dealkylation sites (tertiary alicyclic amines) is 1. The fraction of sp³-hybridized carbons (Fsp3) is 0.529. The second-order valence-electron chi connectivity index (χ2n) is 6.03. The average molecular weight is 499 g/mol. The first-order valence-corrected chi connectivity index (χ1v) is 8.61. The maximum atomic E-state index is 13.5. The van der Waals surface area contributed by atoms with E-state index in [4.69, 9.17) is 0 Å². The van der Waals surface area contributed by atoms with Gasteiger partial charge < -0.3 is 20.9 Å². The van der Waals surface area contributed by atoms with Crippen LogP contribution in [0.2, 0.25) is 0 Å². The lowest BCUT2D eigenvalue weighted by Crippen LogP contribution is -2.44. The van der Waals surface area contributed by atoms with Crippen LogP contribution < -0.4 is 16.0 Å². The van der Waals surface area contributed by atoms with Gasteiger partial charge in [-0.05, 0) is 38.1 Å². The number of guanidine groups is 1. The first-order chi connectivity index (χ1) is 12.5. The molecule has 1 fully saturated rings. The van der Waals surface area contributed by atoms with E-state index in [1.807, 2.05) is 0 Å². The Morgan fingerprint density at radius 3 is 2.48 bits per heavy atom. The average Bonchev–Trinajstić information content (AvgIpc) is 2.66. The molecule has 0 atom stereocenters. The Kier molecular flexibility index (Phi) is 10.4. The van der Waals surface area contributed by atoms with E-state index in [-0.39, 0.29) is 30.5 Å². The molecule has 0 unspecified atom stereocenters. The van der Waals surface area contributed by atoms with Gasteiger partial charge in [-0.15, -0.1) is 24.0 Å². The summed E-state index contributed by atoms with van der Waals surface area (Å²) in [4.78, 5) is 18.2. The van der Waals surface area contributed by atoms with Gasteiger partial charge in [0.1, 0.15) is 0 Å². The fourth-order valence-corrected chi connectivity index (χ4v) is 2.72. The summed E-state index contributed by atoms with van der Waals surface area (Å²) in [5, 5.41) is 8.08. The number of carbonyl (C=O) groups is 1. The first kappa shape index (κ1) is 23.5. The van der Waals surface area contributed by atoms with Crippen LogP contribution in [0.15, 0.2) is 17.1 Å². The normalized spacial score (nSPS) is 15.0. The highest BCUT2D eigenvalue weighted by Crippen LogP contribution is 2.19. The summed E-state index contributed by atoms with van der Waals surface area (Å²) in [6.07, 6.45) is 3.71. The number of rotatable bonds is 6. The quantitative estimate of drug-likeness (QED) is 0.243. The van der Waals surface area contributed by atoms with Crippen molar-refractivity contribution in [3.63, 3.8) is 0 Å². The summed E-state index contributed by atoms with van der Waals surface area (Å²) in [5.41, 5.74) is -0.413. The fourth-order valence-electron chi connectivity index (χ4n) is 2.72. The minimum absolute atomic E-state index is 0. The van der Waals surface area contributed by atoms with Gasteiger partial charge in [0.2, 0.25) is 5.91 Å². The van der Waals surface area contributed by atoms with Crippen LogP contribution in [-0.4, -0.2) is 56.5 Å². The molecule has 152 valence electrons. The Hall–Kier alpha value is -1.56. The zero-order valence-electron chi connectivity index (χ0n) is 15.2. The van der Waals surface area contributed by atoms with Gasteiger partial charge >= 0.3 is 0 Å². The molecule has 27 heavy (non-hydrogen) atoms. The molecule has 1 aromatic rings. The Morgan fingerprint density at radius 2 is 1.81 bits per heavy atom. The lowest BCUT2D eigenvalue weighted by Gasteiger charge is -2.26. The summed E-state index contributed by atoms with van der Waals surface area (Å²) >= 11 is 0. The van der Waals surface area contributed by atoms with Gasteiger partial charge in [0.05, 0.1) is 12.2 Å². The third kappa shape index (κ3) is 7.53.